The highest BCUT2D eigenvalue weighted by Crippen LogP contribution is 2.19. The second-order valence-electron chi connectivity index (χ2n) is 9.41. The lowest BCUT2D eigenvalue weighted by Gasteiger charge is -2.36. The van der Waals surface area contributed by atoms with E-state index < -0.39 is 14.4 Å². The van der Waals surface area contributed by atoms with Crippen molar-refractivity contribution in [3.05, 3.63) is 156 Å². The molecule has 1 unspecified atom stereocenters. The number of amides is 1. The van der Waals surface area contributed by atoms with Gasteiger partial charge in [-0.3, -0.25) is 4.79 Å². The summed E-state index contributed by atoms with van der Waals surface area (Å²) < 4.78 is 8.25. The molecule has 5 heteroatoms. The fraction of sp³-hybridized carbons (Fsp3) is 0.0882. The van der Waals surface area contributed by atoms with Crippen molar-refractivity contribution in [2.75, 3.05) is 5.32 Å². The lowest BCUT2D eigenvalue weighted by Crippen LogP contribution is -2.71. The Labute approximate surface area is 239 Å². The van der Waals surface area contributed by atoms with E-state index in [9.17, 15) is 4.79 Å². The third-order valence-corrected chi connectivity index (χ3v) is 11.4. The Kier molecular flexibility index (Phi) is 8.84. The second kappa shape index (κ2) is 12.9. The summed E-state index contributed by atoms with van der Waals surface area (Å²) in [5.41, 5.74) is 1.91. The molecule has 0 aliphatic heterocycles. The lowest BCUT2D eigenvalue weighted by molar-refractivity contribution is -0.123. The van der Waals surface area contributed by atoms with Crippen molar-refractivity contribution in [2.24, 2.45) is 0 Å². The third kappa shape index (κ3) is 6.45. The highest BCUT2D eigenvalue weighted by atomic mass is 79.9. The van der Waals surface area contributed by atoms with Gasteiger partial charge in [-0.25, -0.2) is 0 Å². The molecule has 0 saturated carbocycles. The van der Waals surface area contributed by atoms with Crippen LogP contribution in [0.2, 0.25) is 0 Å². The van der Waals surface area contributed by atoms with E-state index >= 15 is 0 Å². The van der Waals surface area contributed by atoms with Crippen LogP contribution < -0.4 is 20.9 Å². The largest absolute Gasteiger partial charge is 0.392 e. The molecular formula is C34H30BrNO2Si. The van der Waals surface area contributed by atoms with Gasteiger partial charge in [0.25, 0.3) is 14.2 Å². The molecule has 0 fully saturated rings. The van der Waals surface area contributed by atoms with Gasteiger partial charge >= 0.3 is 0 Å². The number of carbonyl (C=O) groups excluding carboxylic acids is 1. The number of aryl methyl sites for hydroxylation is 1. The van der Waals surface area contributed by atoms with Gasteiger partial charge in [0.2, 0.25) is 0 Å². The van der Waals surface area contributed by atoms with Crippen molar-refractivity contribution in [3.8, 4) is 0 Å². The van der Waals surface area contributed by atoms with Gasteiger partial charge in [0.1, 0.15) is 6.10 Å². The third-order valence-electron chi connectivity index (χ3n) is 6.80. The molecule has 0 aliphatic carbocycles. The van der Waals surface area contributed by atoms with E-state index in [-0.39, 0.29) is 5.91 Å². The zero-order valence-corrected chi connectivity index (χ0v) is 24.1. The first-order valence-electron chi connectivity index (χ1n) is 13.1. The van der Waals surface area contributed by atoms with E-state index in [1.807, 2.05) is 97.1 Å². The minimum atomic E-state index is -3.08. The molecule has 0 radical (unpaired) electrons. The standard InChI is InChI=1S/C34H30BrNO2Si/c35-28-22-24-29(25-23-28)36-34(37)33(26-21-27-13-5-1-6-14-27)38-39(30-15-7-2-8-16-30,31-17-9-3-10-18-31)32-19-11-4-12-20-32/h1-20,22-25,33H,21,26H2,(H,36,37). The molecular weight excluding hydrogens is 562 g/mol. The van der Waals surface area contributed by atoms with Crippen LogP contribution in [0.3, 0.4) is 0 Å². The van der Waals surface area contributed by atoms with Crippen LogP contribution in [0, 0.1) is 0 Å². The zero-order valence-electron chi connectivity index (χ0n) is 21.5. The van der Waals surface area contributed by atoms with E-state index in [2.05, 4.69) is 69.8 Å². The summed E-state index contributed by atoms with van der Waals surface area (Å²) in [5.74, 6) is -0.145. The average molecular weight is 593 g/mol. The highest BCUT2D eigenvalue weighted by molar-refractivity contribution is 9.10. The lowest BCUT2D eigenvalue weighted by atomic mass is 10.1. The number of benzene rings is 5. The monoisotopic (exact) mass is 591 g/mol. The van der Waals surface area contributed by atoms with Crippen molar-refractivity contribution in [1.82, 2.24) is 0 Å². The van der Waals surface area contributed by atoms with Crippen molar-refractivity contribution in [3.63, 3.8) is 0 Å². The fourth-order valence-corrected chi connectivity index (χ4v) is 9.19. The van der Waals surface area contributed by atoms with Crippen molar-refractivity contribution < 1.29 is 9.22 Å². The number of anilines is 1. The van der Waals surface area contributed by atoms with Gasteiger partial charge in [-0.05, 0) is 58.2 Å². The van der Waals surface area contributed by atoms with Crippen molar-refractivity contribution >= 4 is 51.4 Å². The Bertz CT molecular complexity index is 1370. The van der Waals surface area contributed by atoms with E-state index in [1.165, 1.54) is 5.56 Å². The molecule has 0 aliphatic rings. The Balaban J connectivity index is 1.60. The Morgan fingerprint density at radius 3 is 1.54 bits per heavy atom. The number of halogens is 1. The quantitative estimate of drug-likeness (QED) is 0.158. The first-order valence-corrected chi connectivity index (χ1v) is 15.8. The van der Waals surface area contributed by atoms with Crippen LogP contribution >= 0.6 is 15.9 Å². The normalized spacial score (nSPS) is 12.0. The van der Waals surface area contributed by atoms with Crippen LogP contribution in [-0.2, 0) is 15.6 Å². The summed E-state index contributed by atoms with van der Waals surface area (Å²) in [6.07, 6.45) is 0.594. The first-order chi connectivity index (χ1) is 19.1. The molecule has 0 aromatic heterocycles. The minimum absolute atomic E-state index is 0.145. The number of hydrogen-bond donors (Lipinski definition) is 1. The molecule has 0 heterocycles. The van der Waals surface area contributed by atoms with Crippen LogP contribution in [0.4, 0.5) is 5.69 Å². The van der Waals surface area contributed by atoms with Gasteiger partial charge in [0.05, 0.1) is 0 Å². The first kappa shape index (κ1) is 26.8. The van der Waals surface area contributed by atoms with Crippen molar-refractivity contribution in [1.29, 1.82) is 0 Å². The Hall–Kier alpha value is -3.77. The molecule has 5 aromatic carbocycles. The maximum absolute atomic E-state index is 14.0. The molecule has 5 aromatic rings. The number of nitrogens with one attached hydrogen (secondary N) is 1. The van der Waals surface area contributed by atoms with Gasteiger partial charge in [-0.15, -0.1) is 0 Å². The second-order valence-corrected chi connectivity index (χ2v) is 13.7. The molecule has 194 valence electrons. The molecule has 1 N–H and O–H groups in total. The minimum Gasteiger partial charge on any atom is -0.392 e. The van der Waals surface area contributed by atoms with E-state index in [0.717, 1.165) is 32.1 Å². The average Bonchev–Trinajstić information content (AvgIpc) is 3.00. The number of carbonyl (C=O) groups is 1. The summed E-state index contributed by atoms with van der Waals surface area (Å²) in [7, 11) is -3.08. The summed E-state index contributed by atoms with van der Waals surface area (Å²) >= 11 is 3.48. The van der Waals surface area contributed by atoms with E-state index in [0.29, 0.717) is 6.42 Å². The molecule has 1 atom stereocenters. The number of hydrogen-bond acceptors (Lipinski definition) is 2. The van der Waals surface area contributed by atoms with Crippen LogP contribution in [0.15, 0.2) is 150 Å². The molecule has 39 heavy (non-hydrogen) atoms. The Morgan fingerprint density at radius 2 is 1.08 bits per heavy atom. The van der Waals surface area contributed by atoms with Gasteiger partial charge in [0, 0.05) is 10.2 Å². The highest BCUT2D eigenvalue weighted by Gasteiger charge is 2.45. The zero-order chi connectivity index (χ0) is 26.9. The predicted molar refractivity (Wildman–Crippen MR) is 166 cm³/mol. The summed E-state index contributed by atoms with van der Waals surface area (Å²) in [6.45, 7) is 0. The smallest absolute Gasteiger partial charge is 0.289 e. The molecule has 0 bridgehead atoms. The van der Waals surface area contributed by atoms with Gasteiger partial charge in [-0.1, -0.05) is 137 Å². The molecule has 1 amide bonds. The predicted octanol–water partition coefficient (Wildman–Crippen LogP) is 6.07. The van der Waals surface area contributed by atoms with Gasteiger partial charge in [-0.2, -0.15) is 0 Å². The van der Waals surface area contributed by atoms with Gasteiger partial charge in [0.15, 0.2) is 0 Å². The maximum Gasteiger partial charge on any atom is 0.289 e. The SMILES string of the molecule is O=C(Nc1ccc(Br)cc1)C(CCc1ccccc1)O[Si](c1ccccc1)(c1ccccc1)c1ccccc1. The summed E-state index contributed by atoms with van der Waals surface area (Å²) in [5, 5.41) is 6.42. The fourth-order valence-electron chi connectivity index (χ4n) is 4.88. The number of rotatable bonds is 10. The van der Waals surface area contributed by atoms with Gasteiger partial charge < -0.3 is 9.74 Å². The summed E-state index contributed by atoms with van der Waals surface area (Å²) in [4.78, 5) is 14.0. The van der Waals surface area contributed by atoms with Crippen LogP contribution in [-0.4, -0.2) is 20.3 Å². The van der Waals surface area contributed by atoms with Crippen LogP contribution in [0.5, 0.6) is 0 Å². The van der Waals surface area contributed by atoms with E-state index in [1.54, 1.807) is 0 Å². The van der Waals surface area contributed by atoms with E-state index in [4.69, 9.17) is 4.43 Å². The topological polar surface area (TPSA) is 38.3 Å². The van der Waals surface area contributed by atoms with Crippen LogP contribution in [0.1, 0.15) is 12.0 Å². The molecule has 0 saturated heterocycles. The van der Waals surface area contributed by atoms with Crippen molar-refractivity contribution in [2.45, 2.75) is 18.9 Å². The molecule has 5 rings (SSSR count). The molecule has 3 nitrogen and oxygen atoms in total. The maximum atomic E-state index is 14.0. The molecule has 0 spiro atoms. The Morgan fingerprint density at radius 1 is 0.641 bits per heavy atom. The van der Waals surface area contributed by atoms with Crippen LogP contribution in [0.25, 0.3) is 0 Å². The summed E-state index contributed by atoms with van der Waals surface area (Å²) in [6, 6.07) is 49.0.